The molecule has 0 aliphatic carbocycles. The standard InChI is InChI=1S/C17H16Cl2N2O2/c1-11-5-3-8-16(12(11)2)23-10-17(22)21-20-9-13-14(18)6-4-7-15(13)19/h3-9H,10H2,1-2H3,(H,21,22)/b20-9-. The van der Waals surface area contributed by atoms with E-state index in [9.17, 15) is 4.79 Å². The summed E-state index contributed by atoms with van der Waals surface area (Å²) in [6.45, 7) is 3.80. The second-order valence-electron chi connectivity index (χ2n) is 4.92. The van der Waals surface area contributed by atoms with E-state index in [0.717, 1.165) is 11.1 Å². The second-order valence-corrected chi connectivity index (χ2v) is 5.73. The van der Waals surface area contributed by atoms with Gasteiger partial charge in [0.25, 0.3) is 5.91 Å². The molecule has 0 saturated heterocycles. The molecule has 23 heavy (non-hydrogen) atoms. The number of nitrogens with zero attached hydrogens (tertiary/aromatic N) is 1. The van der Waals surface area contributed by atoms with E-state index in [1.54, 1.807) is 18.2 Å². The number of carbonyl (C=O) groups is 1. The summed E-state index contributed by atoms with van der Waals surface area (Å²) in [5.41, 5.74) is 5.04. The number of aryl methyl sites for hydroxylation is 1. The Morgan fingerprint density at radius 1 is 1.17 bits per heavy atom. The summed E-state index contributed by atoms with van der Waals surface area (Å²) in [6, 6.07) is 10.8. The molecule has 2 aromatic carbocycles. The fraction of sp³-hybridized carbons (Fsp3) is 0.176. The van der Waals surface area contributed by atoms with Crippen molar-refractivity contribution in [3.05, 3.63) is 63.1 Å². The van der Waals surface area contributed by atoms with E-state index in [1.165, 1.54) is 6.21 Å². The van der Waals surface area contributed by atoms with Crippen LogP contribution in [0, 0.1) is 13.8 Å². The van der Waals surface area contributed by atoms with E-state index in [-0.39, 0.29) is 12.5 Å². The summed E-state index contributed by atoms with van der Waals surface area (Å²) in [4.78, 5) is 11.8. The number of benzene rings is 2. The molecule has 0 spiro atoms. The molecular formula is C17H16Cl2N2O2. The van der Waals surface area contributed by atoms with Gasteiger partial charge in [-0.3, -0.25) is 4.79 Å². The Kier molecular flexibility index (Phi) is 6.02. The molecule has 1 N–H and O–H groups in total. The first-order valence-corrected chi connectivity index (χ1v) is 7.69. The smallest absolute Gasteiger partial charge is 0.277 e. The maximum Gasteiger partial charge on any atom is 0.277 e. The zero-order valence-corrected chi connectivity index (χ0v) is 14.3. The first-order chi connectivity index (χ1) is 11.0. The van der Waals surface area contributed by atoms with E-state index in [4.69, 9.17) is 27.9 Å². The molecule has 0 aromatic heterocycles. The third-order valence-corrected chi connectivity index (χ3v) is 3.96. The number of nitrogens with one attached hydrogen (secondary N) is 1. The van der Waals surface area contributed by atoms with Gasteiger partial charge < -0.3 is 4.74 Å². The number of rotatable bonds is 5. The molecule has 0 heterocycles. The van der Waals surface area contributed by atoms with Gasteiger partial charge in [0.1, 0.15) is 5.75 Å². The van der Waals surface area contributed by atoms with Gasteiger partial charge in [-0.1, -0.05) is 41.4 Å². The van der Waals surface area contributed by atoms with Gasteiger partial charge in [-0.2, -0.15) is 5.10 Å². The first kappa shape index (κ1) is 17.3. The lowest BCUT2D eigenvalue weighted by Gasteiger charge is -2.09. The van der Waals surface area contributed by atoms with Crippen LogP contribution in [-0.2, 0) is 4.79 Å². The van der Waals surface area contributed by atoms with Gasteiger partial charge in [0.15, 0.2) is 6.61 Å². The highest BCUT2D eigenvalue weighted by Crippen LogP contribution is 2.22. The minimum Gasteiger partial charge on any atom is -0.483 e. The van der Waals surface area contributed by atoms with Crippen molar-refractivity contribution in [2.75, 3.05) is 6.61 Å². The van der Waals surface area contributed by atoms with Crippen molar-refractivity contribution < 1.29 is 9.53 Å². The van der Waals surface area contributed by atoms with Crippen molar-refractivity contribution in [2.45, 2.75) is 13.8 Å². The van der Waals surface area contributed by atoms with Crippen molar-refractivity contribution in [3.8, 4) is 5.75 Å². The number of halogens is 2. The minimum atomic E-state index is -0.370. The van der Waals surface area contributed by atoms with Crippen LogP contribution >= 0.6 is 23.2 Å². The lowest BCUT2D eigenvalue weighted by Crippen LogP contribution is -2.24. The van der Waals surface area contributed by atoms with Crippen LogP contribution in [0.3, 0.4) is 0 Å². The van der Waals surface area contributed by atoms with Gasteiger partial charge in [-0.05, 0) is 43.2 Å². The number of hydrogen-bond acceptors (Lipinski definition) is 3. The molecule has 0 aliphatic rings. The topological polar surface area (TPSA) is 50.7 Å². The summed E-state index contributed by atoms with van der Waals surface area (Å²) in [5.74, 6) is 0.309. The van der Waals surface area contributed by atoms with Crippen molar-refractivity contribution >= 4 is 35.3 Å². The van der Waals surface area contributed by atoms with Crippen molar-refractivity contribution in [2.24, 2.45) is 5.10 Å². The van der Waals surface area contributed by atoms with Crippen LogP contribution < -0.4 is 10.2 Å². The van der Waals surface area contributed by atoms with Crippen molar-refractivity contribution in [1.82, 2.24) is 5.43 Å². The van der Waals surface area contributed by atoms with Crippen LogP contribution in [0.1, 0.15) is 16.7 Å². The maximum absolute atomic E-state index is 11.8. The van der Waals surface area contributed by atoms with Crippen molar-refractivity contribution in [3.63, 3.8) is 0 Å². The summed E-state index contributed by atoms with van der Waals surface area (Å²) >= 11 is 12.0. The van der Waals surface area contributed by atoms with E-state index < -0.39 is 0 Å². The number of carbonyl (C=O) groups excluding carboxylic acids is 1. The third kappa shape index (κ3) is 4.71. The molecule has 0 saturated carbocycles. The maximum atomic E-state index is 11.8. The molecule has 1 amide bonds. The summed E-state index contributed by atoms with van der Waals surface area (Å²) < 4.78 is 5.49. The molecule has 0 atom stereocenters. The lowest BCUT2D eigenvalue weighted by atomic mass is 10.1. The first-order valence-electron chi connectivity index (χ1n) is 6.94. The predicted molar refractivity (Wildman–Crippen MR) is 93.6 cm³/mol. The molecule has 0 bridgehead atoms. The van der Waals surface area contributed by atoms with Crippen molar-refractivity contribution in [1.29, 1.82) is 0 Å². The lowest BCUT2D eigenvalue weighted by molar-refractivity contribution is -0.123. The van der Waals surface area contributed by atoms with Gasteiger partial charge in [0, 0.05) is 5.56 Å². The monoisotopic (exact) mass is 350 g/mol. The summed E-state index contributed by atoms with van der Waals surface area (Å²) in [5, 5.41) is 4.76. The van der Waals surface area contributed by atoms with Crippen LogP contribution in [0.15, 0.2) is 41.5 Å². The highest BCUT2D eigenvalue weighted by molar-refractivity contribution is 6.38. The zero-order chi connectivity index (χ0) is 16.8. The molecule has 0 fully saturated rings. The highest BCUT2D eigenvalue weighted by Gasteiger charge is 2.06. The Balaban J connectivity index is 1.90. The van der Waals surface area contributed by atoms with Gasteiger partial charge in [0.2, 0.25) is 0 Å². The number of hydrogen-bond donors (Lipinski definition) is 1. The average Bonchev–Trinajstić information content (AvgIpc) is 2.51. The molecule has 0 radical (unpaired) electrons. The molecule has 2 rings (SSSR count). The van der Waals surface area contributed by atoms with Crippen LogP contribution in [0.4, 0.5) is 0 Å². The minimum absolute atomic E-state index is 0.127. The van der Waals surface area contributed by atoms with E-state index >= 15 is 0 Å². The summed E-state index contributed by atoms with van der Waals surface area (Å²) in [6.07, 6.45) is 1.40. The Labute approximate surface area is 145 Å². The Morgan fingerprint density at radius 3 is 2.52 bits per heavy atom. The third-order valence-electron chi connectivity index (χ3n) is 3.30. The predicted octanol–water partition coefficient (Wildman–Crippen LogP) is 4.14. The van der Waals surface area contributed by atoms with Gasteiger partial charge >= 0.3 is 0 Å². The molecular weight excluding hydrogens is 335 g/mol. The fourth-order valence-electron chi connectivity index (χ4n) is 1.86. The molecule has 6 heteroatoms. The van der Waals surface area contributed by atoms with Crippen LogP contribution in [0.5, 0.6) is 5.75 Å². The van der Waals surface area contributed by atoms with E-state index in [1.807, 2.05) is 32.0 Å². The van der Waals surface area contributed by atoms with E-state index in [0.29, 0.717) is 21.4 Å². The van der Waals surface area contributed by atoms with Gasteiger partial charge in [0.05, 0.1) is 16.3 Å². The quantitative estimate of drug-likeness (QED) is 0.650. The Morgan fingerprint density at radius 2 is 1.83 bits per heavy atom. The SMILES string of the molecule is Cc1cccc(OCC(=O)N/N=C\c2c(Cl)cccc2Cl)c1C. The zero-order valence-electron chi connectivity index (χ0n) is 12.8. The van der Waals surface area contributed by atoms with E-state index in [2.05, 4.69) is 10.5 Å². The molecule has 4 nitrogen and oxygen atoms in total. The molecule has 0 aliphatic heterocycles. The van der Waals surface area contributed by atoms with Crippen LogP contribution in [0.2, 0.25) is 10.0 Å². The number of amides is 1. The van der Waals surface area contributed by atoms with Gasteiger partial charge in [-0.15, -0.1) is 0 Å². The highest BCUT2D eigenvalue weighted by atomic mass is 35.5. The number of hydrazone groups is 1. The molecule has 120 valence electrons. The van der Waals surface area contributed by atoms with Crippen LogP contribution in [0.25, 0.3) is 0 Å². The average molecular weight is 351 g/mol. The normalized spacial score (nSPS) is 10.8. The largest absolute Gasteiger partial charge is 0.483 e. The molecule has 0 unspecified atom stereocenters. The summed E-state index contributed by atoms with van der Waals surface area (Å²) in [7, 11) is 0. The fourth-order valence-corrected chi connectivity index (χ4v) is 2.35. The second kappa shape index (κ2) is 7.99. The Bertz CT molecular complexity index is 725. The van der Waals surface area contributed by atoms with Crippen LogP contribution in [-0.4, -0.2) is 18.7 Å². The molecule has 2 aromatic rings. The number of ether oxygens (including phenoxy) is 1. The van der Waals surface area contributed by atoms with Gasteiger partial charge in [-0.25, -0.2) is 5.43 Å². The Hall–Kier alpha value is -2.04.